The molecule has 0 atom stereocenters. The Morgan fingerprint density at radius 1 is 0.810 bits per heavy atom. The van der Waals surface area contributed by atoms with Crippen molar-refractivity contribution in [1.82, 2.24) is 9.97 Å². The first-order valence-electron chi connectivity index (χ1n) is 6.83. The summed E-state index contributed by atoms with van der Waals surface area (Å²) >= 11 is 0. The smallest absolute Gasteiger partial charge is 0.0835 e. The van der Waals surface area contributed by atoms with Crippen LogP contribution in [-0.4, -0.2) is 15.7 Å². The van der Waals surface area contributed by atoms with Crippen LogP contribution in [0.2, 0.25) is 0 Å². The van der Waals surface area contributed by atoms with E-state index in [0.717, 1.165) is 22.5 Å². The van der Waals surface area contributed by atoms with Crippen molar-refractivity contribution in [2.45, 2.75) is 6.54 Å². The van der Waals surface area contributed by atoms with Crippen LogP contribution in [0.1, 0.15) is 16.8 Å². The van der Waals surface area contributed by atoms with Crippen molar-refractivity contribution in [2.24, 2.45) is 4.99 Å². The summed E-state index contributed by atoms with van der Waals surface area (Å²) in [5.74, 6) is 0. The number of nitrogens with zero attached hydrogens (tertiary/aromatic N) is 3. The maximum atomic E-state index is 4.75. The molecule has 0 aliphatic heterocycles. The minimum absolute atomic E-state index is 0.521. The van der Waals surface area contributed by atoms with E-state index in [1.54, 1.807) is 18.6 Å². The van der Waals surface area contributed by atoms with Crippen LogP contribution in [0.5, 0.6) is 0 Å². The van der Waals surface area contributed by atoms with E-state index in [0.29, 0.717) is 6.54 Å². The summed E-state index contributed by atoms with van der Waals surface area (Å²) in [6, 6.07) is 20.4. The van der Waals surface area contributed by atoms with Crippen molar-refractivity contribution in [3.8, 4) is 0 Å². The van der Waals surface area contributed by atoms with E-state index >= 15 is 0 Å². The second-order valence-corrected chi connectivity index (χ2v) is 4.59. The number of aromatic nitrogens is 2. The highest BCUT2D eigenvalue weighted by Gasteiger charge is 2.06. The van der Waals surface area contributed by atoms with Crippen molar-refractivity contribution >= 4 is 5.71 Å². The van der Waals surface area contributed by atoms with Crippen molar-refractivity contribution < 1.29 is 0 Å². The largest absolute Gasteiger partial charge is 0.278 e. The standard InChI is InChI=1S/C18H15N3/c1-3-7-15(8-4-1)18(16-9-5-2-6-10-16)21-14-17-13-19-11-12-20-17/h1-13H,14H2. The summed E-state index contributed by atoms with van der Waals surface area (Å²) in [6.45, 7) is 0.521. The Balaban J connectivity index is 1.97. The summed E-state index contributed by atoms with van der Waals surface area (Å²) in [7, 11) is 0. The second-order valence-electron chi connectivity index (χ2n) is 4.59. The molecule has 0 aliphatic rings. The Labute approximate surface area is 124 Å². The van der Waals surface area contributed by atoms with Gasteiger partial charge in [-0.2, -0.15) is 0 Å². The molecule has 3 nitrogen and oxygen atoms in total. The SMILES string of the molecule is c1ccc(C(=NCc2cnccn2)c2ccccc2)cc1. The van der Waals surface area contributed by atoms with Crippen LogP contribution in [0, 0.1) is 0 Å². The molecule has 3 aromatic rings. The monoisotopic (exact) mass is 273 g/mol. The fourth-order valence-electron chi connectivity index (χ4n) is 2.11. The first-order valence-corrected chi connectivity index (χ1v) is 6.83. The van der Waals surface area contributed by atoms with Crippen LogP contribution in [0.3, 0.4) is 0 Å². The number of hydrogen-bond acceptors (Lipinski definition) is 3. The van der Waals surface area contributed by atoms with E-state index in [1.165, 1.54) is 0 Å². The van der Waals surface area contributed by atoms with Crippen LogP contribution in [0.25, 0.3) is 0 Å². The van der Waals surface area contributed by atoms with Gasteiger partial charge in [0.25, 0.3) is 0 Å². The van der Waals surface area contributed by atoms with Crippen molar-refractivity contribution in [3.63, 3.8) is 0 Å². The molecule has 0 N–H and O–H groups in total. The molecule has 2 aromatic carbocycles. The van der Waals surface area contributed by atoms with E-state index in [4.69, 9.17) is 4.99 Å². The lowest BCUT2D eigenvalue weighted by atomic mass is 10.0. The zero-order chi connectivity index (χ0) is 14.3. The lowest BCUT2D eigenvalue weighted by Crippen LogP contribution is -2.04. The van der Waals surface area contributed by atoms with Gasteiger partial charge in [0.15, 0.2) is 0 Å². The van der Waals surface area contributed by atoms with E-state index < -0.39 is 0 Å². The highest BCUT2D eigenvalue weighted by Crippen LogP contribution is 2.12. The molecule has 0 spiro atoms. The maximum Gasteiger partial charge on any atom is 0.0835 e. The highest BCUT2D eigenvalue weighted by atomic mass is 14.8. The van der Waals surface area contributed by atoms with Crippen LogP contribution in [0.4, 0.5) is 0 Å². The molecule has 0 fully saturated rings. The second kappa shape index (κ2) is 6.57. The van der Waals surface area contributed by atoms with Gasteiger partial charge in [0, 0.05) is 23.5 Å². The fourth-order valence-corrected chi connectivity index (χ4v) is 2.11. The lowest BCUT2D eigenvalue weighted by Gasteiger charge is -2.07. The van der Waals surface area contributed by atoms with Crippen LogP contribution in [0.15, 0.2) is 84.2 Å². The van der Waals surface area contributed by atoms with E-state index in [2.05, 4.69) is 34.2 Å². The zero-order valence-corrected chi connectivity index (χ0v) is 11.6. The molecule has 0 amide bonds. The Kier molecular flexibility index (Phi) is 4.12. The first-order chi connectivity index (χ1) is 10.4. The number of benzene rings is 2. The quantitative estimate of drug-likeness (QED) is 0.682. The molecule has 0 bridgehead atoms. The molecule has 0 radical (unpaired) electrons. The maximum absolute atomic E-state index is 4.75. The average molecular weight is 273 g/mol. The van der Waals surface area contributed by atoms with Gasteiger partial charge < -0.3 is 0 Å². The minimum atomic E-state index is 0.521. The van der Waals surface area contributed by atoms with Crippen LogP contribution in [-0.2, 0) is 6.54 Å². The molecule has 0 aliphatic carbocycles. The van der Waals surface area contributed by atoms with E-state index in [-0.39, 0.29) is 0 Å². The number of hydrogen-bond donors (Lipinski definition) is 0. The van der Waals surface area contributed by atoms with Gasteiger partial charge in [-0.25, -0.2) is 0 Å². The summed E-state index contributed by atoms with van der Waals surface area (Å²) in [6.07, 6.45) is 5.11. The predicted octanol–water partition coefficient (Wildman–Crippen LogP) is 3.51. The van der Waals surface area contributed by atoms with Gasteiger partial charge in [-0.15, -0.1) is 0 Å². The topological polar surface area (TPSA) is 38.1 Å². The van der Waals surface area contributed by atoms with Gasteiger partial charge in [-0.05, 0) is 0 Å². The molecule has 102 valence electrons. The molecule has 3 heteroatoms. The van der Waals surface area contributed by atoms with Crippen molar-refractivity contribution in [1.29, 1.82) is 0 Å². The van der Waals surface area contributed by atoms with E-state index in [1.807, 2.05) is 36.4 Å². The molecule has 1 heterocycles. The molecular weight excluding hydrogens is 258 g/mol. The summed E-state index contributed by atoms with van der Waals surface area (Å²) < 4.78 is 0. The molecule has 21 heavy (non-hydrogen) atoms. The predicted molar refractivity (Wildman–Crippen MR) is 84.3 cm³/mol. The number of aliphatic imine (C=N–C) groups is 1. The van der Waals surface area contributed by atoms with Crippen LogP contribution >= 0.6 is 0 Å². The van der Waals surface area contributed by atoms with Gasteiger partial charge >= 0.3 is 0 Å². The van der Waals surface area contributed by atoms with Gasteiger partial charge in [0.1, 0.15) is 0 Å². The Hall–Kier alpha value is -2.81. The molecular formula is C18H15N3. The van der Waals surface area contributed by atoms with Gasteiger partial charge in [-0.1, -0.05) is 60.7 Å². The van der Waals surface area contributed by atoms with Gasteiger partial charge in [-0.3, -0.25) is 15.0 Å². The third kappa shape index (κ3) is 3.39. The molecule has 1 aromatic heterocycles. The highest BCUT2D eigenvalue weighted by molar-refractivity contribution is 6.12. The Morgan fingerprint density at radius 2 is 1.43 bits per heavy atom. The van der Waals surface area contributed by atoms with Gasteiger partial charge in [0.2, 0.25) is 0 Å². The molecule has 0 saturated carbocycles. The minimum Gasteiger partial charge on any atom is -0.278 e. The average Bonchev–Trinajstić information content (AvgIpc) is 2.58. The summed E-state index contributed by atoms with van der Waals surface area (Å²) in [5, 5.41) is 0. The summed E-state index contributed by atoms with van der Waals surface area (Å²) in [4.78, 5) is 13.1. The zero-order valence-electron chi connectivity index (χ0n) is 11.6. The van der Waals surface area contributed by atoms with E-state index in [9.17, 15) is 0 Å². The van der Waals surface area contributed by atoms with Crippen molar-refractivity contribution in [3.05, 3.63) is 96.1 Å². The third-order valence-corrected chi connectivity index (χ3v) is 3.11. The van der Waals surface area contributed by atoms with Gasteiger partial charge in [0.05, 0.1) is 24.1 Å². The third-order valence-electron chi connectivity index (χ3n) is 3.11. The first kappa shape index (κ1) is 13.2. The molecule has 3 rings (SSSR count). The lowest BCUT2D eigenvalue weighted by molar-refractivity contribution is 0.963. The Morgan fingerprint density at radius 3 is 1.95 bits per heavy atom. The number of rotatable bonds is 4. The fraction of sp³-hybridized carbons (Fsp3) is 0.0556. The molecule has 0 unspecified atom stereocenters. The van der Waals surface area contributed by atoms with Crippen molar-refractivity contribution in [2.75, 3.05) is 0 Å². The Bertz CT molecular complexity index is 666. The summed E-state index contributed by atoms with van der Waals surface area (Å²) in [5.41, 5.74) is 4.05. The van der Waals surface area contributed by atoms with Crippen LogP contribution < -0.4 is 0 Å². The molecule has 0 saturated heterocycles. The normalized spacial score (nSPS) is 10.1.